The number of methoxy groups -OCH3 is 1. The van der Waals surface area contributed by atoms with Gasteiger partial charge in [-0.25, -0.2) is 0 Å². The molecule has 0 saturated heterocycles. The van der Waals surface area contributed by atoms with Gasteiger partial charge in [-0.2, -0.15) is 0 Å². The lowest BCUT2D eigenvalue weighted by atomic mass is 10.3. The second-order valence-electron chi connectivity index (χ2n) is 6.78. The van der Waals surface area contributed by atoms with Crippen LogP contribution in [-0.4, -0.2) is 46.0 Å². The van der Waals surface area contributed by atoms with Crippen LogP contribution >= 0.6 is 0 Å². The van der Waals surface area contributed by atoms with Crippen molar-refractivity contribution in [1.29, 1.82) is 0 Å². The number of carbonyl (C=O) groups excluding carboxylic acids is 1. The van der Waals surface area contributed by atoms with E-state index in [1.165, 1.54) is 0 Å². The fourth-order valence-corrected chi connectivity index (χ4v) is 2.85. The standard InChI is InChI=1S/C25H28N2O5/c1-29-14-15-31-22-11-7-8-20(18-22)27-25(28)19-26-23-12-5-6-13-24(23)32-17-16-30-21-9-3-2-4-10-21/h2-13,18,26H,14-17,19H2,1H3,(H,27,28). The van der Waals surface area contributed by atoms with Crippen LogP contribution in [0.1, 0.15) is 0 Å². The molecule has 0 radical (unpaired) electrons. The molecule has 7 nitrogen and oxygen atoms in total. The maximum atomic E-state index is 12.4. The Bertz CT molecular complexity index is 965. The second kappa shape index (κ2) is 12.9. The number of rotatable bonds is 13. The summed E-state index contributed by atoms with van der Waals surface area (Å²) in [5.41, 5.74) is 1.40. The molecule has 0 aliphatic carbocycles. The third-order valence-electron chi connectivity index (χ3n) is 4.35. The van der Waals surface area contributed by atoms with Gasteiger partial charge in [-0.05, 0) is 36.4 Å². The number of nitrogens with one attached hydrogen (secondary N) is 2. The van der Waals surface area contributed by atoms with Crippen molar-refractivity contribution < 1.29 is 23.7 Å². The number of ether oxygens (including phenoxy) is 4. The van der Waals surface area contributed by atoms with E-state index in [2.05, 4.69) is 10.6 Å². The summed E-state index contributed by atoms with van der Waals surface area (Å²) in [5.74, 6) is 1.95. The molecule has 0 saturated carbocycles. The maximum Gasteiger partial charge on any atom is 0.243 e. The van der Waals surface area contributed by atoms with Crippen LogP contribution in [-0.2, 0) is 9.53 Å². The van der Waals surface area contributed by atoms with Crippen molar-refractivity contribution in [3.63, 3.8) is 0 Å². The molecule has 0 heterocycles. The summed E-state index contributed by atoms with van der Waals surface area (Å²) in [7, 11) is 1.62. The average molecular weight is 437 g/mol. The highest BCUT2D eigenvalue weighted by Crippen LogP contribution is 2.24. The maximum absolute atomic E-state index is 12.4. The van der Waals surface area contributed by atoms with Crippen LogP contribution in [0.4, 0.5) is 11.4 Å². The molecule has 0 spiro atoms. The summed E-state index contributed by atoms with van der Waals surface area (Å²) in [5, 5.41) is 5.98. The number of benzene rings is 3. The minimum Gasteiger partial charge on any atom is -0.491 e. The van der Waals surface area contributed by atoms with Crippen LogP contribution in [0.2, 0.25) is 0 Å². The largest absolute Gasteiger partial charge is 0.491 e. The zero-order chi connectivity index (χ0) is 22.4. The molecule has 0 aliphatic heterocycles. The number of para-hydroxylation sites is 3. The first kappa shape index (κ1) is 23.0. The van der Waals surface area contributed by atoms with Crippen LogP contribution in [0.25, 0.3) is 0 Å². The number of hydrogen-bond donors (Lipinski definition) is 2. The molecular weight excluding hydrogens is 408 g/mol. The third kappa shape index (κ3) is 7.85. The van der Waals surface area contributed by atoms with Gasteiger partial charge >= 0.3 is 0 Å². The molecule has 2 N–H and O–H groups in total. The first-order chi connectivity index (χ1) is 15.7. The van der Waals surface area contributed by atoms with Crippen molar-refractivity contribution in [1.82, 2.24) is 0 Å². The summed E-state index contributed by atoms with van der Waals surface area (Å²) < 4.78 is 22.0. The van der Waals surface area contributed by atoms with E-state index in [1.54, 1.807) is 13.2 Å². The van der Waals surface area contributed by atoms with E-state index >= 15 is 0 Å². The van der Waals surface area contributed by atoms with E-state index in [9.17, 15) is 4.79 Å². The highest BCUT2D eigenvalue weighted by atomic mass is 16.5. The lowest BCUT2D eigenvalue weighted by molar-refractivity contribution is -0.114. The molecule has 7 heteroatoms. The Morgan fingerprint density at radius 3 is 2.28 bits per heavy atom. The summed E-state index contributed by atoms with van der Waals surface area (Å²) in [6, 6.07) is 24.3. The first-order valence-corrected chi connectivity index (χ1v) is 10.4. The lowest BCUT2D eigenvalue weighted by Gasteiger charge is -2.14. The third-order valence-corrected chi connectivity index (χ3v) is 4.35. The van der Waals surface area contributed by atoms with Crippen LogP contribution < -0.4 is 24.8 Å². The molecule has 3 rings (SSSR count). The highest BCUT2D eigenvalue weighted by Gasteiger charge is 2.07. The van der Waals surface area contributed by atoms with Crippen molar-refractivity contribution in [2.24, 2.45) is 0 Å². The fraction of sp³-hybridized carbons (Fsp3) is 0.240. The molecule has 0 fully saturated rings. The Kier molecular flexibility index (Phi) is 9.23. The van der Waals surface area contributed by atoms with Gasteiger partial charge in [-0.1, -0.05) is 36.4 Å². The highest BCUT2D eigenvalue weighted by molar-refractivity contribution is 5.94. The SMILES string of the molecule is COCCOc1cccc(NC(=O)CNc2ccccc2OCCOc2ccccc2)c1. The summed E-state index contributed by atoms with van der Waals surface area (Å²) in [4.78, 5) is 12.4. The number of carbonyl (C=O) groups is 1. The van der Waals surface area contributed by atoms with E-state index in [0.29, 0.717) is 43.6 Å². The molecule has 0 atom stereocenters. The predicted molar refractivity (Wildman–Crippen MR) is 125 cm³/mol. The quantitative estimate of drug-likeness (QED) is 0.391. The molecule has 3 aromatic carbocycles. The van der Waals surface area contributed by atoms with Gasteiger partial charge in [0.25, 0.3) is 0 Å². The molecule has 0 aliphatic rings. The Labute approximate surface area is 188 Å². The minimum atomic E-state index is -0.179. The van der Waals surface area contributed by atoms with Crippen molar-refractivity contribution in [3.05, 3.63) is 78.9 Å². The Hall–Kier alpha value is -3.71. The van der Waals surface area contributed by atoms with Crippen LogP contribution in [0.15, 0.2) is 78.9 Å². The van der Waals surface area contributed by atoms with Crippen molar-refractivity contribution in [2.45, 2.75) is 0 Å². The van der Waals surface area contributed by atoms with Gasteiger partial charge in [-0.3, -0.25) is 4.79 Å². The van der Waals surface area contributed by atoms with Crippen molar-refractivity contribution in [3.8, 4) is 17.2 Å². The van der Waals surface area contributed by atoms with Gasteiger partial charge in [-0.15, -0.1) is 0 Å². The molecule has 0 bridgehead atoms. The van der Waals surface area contributed by atoms with Gasteiger partial charge in [0, 0.05) is 18.9 Å². The Morgan fingerprint density at radius 1 is 0.750 bits per heavy atom. The molecule has 32 heavy (non-hydrogen) atoms. The van der Waals surface area contributed by atoms with Crippen molar-refractivity contribution >= 4 is 17.3 Å². The Morgan fingerprint density at radius 2 is 1.44 bits per heavy atom. The van der Waals surface area contributed by atoms with Crippen LogP contribution in [0.5, 0.6) is 17.2 Å². The van der Waals surface area contributed by atoms with E-state index in [4.69, 9.17) is 18.9 Å². The Balaban J connectivity index is 1.45. The van der Waals surface area contributed by atoms with Gasteiger partial charge in [0.1, 0.15) is 37.1 Å². The van der Waals surface area contributed by atoms with Crippen molar-refractivity contribution in [2.75, 3.05) is 50.7 Å². The molecule has 3 aromatic rings. The summed E-state index contributed by atoms with van der Waals surface area (Å²) >= 11 is 0. The van der Waals surface area contributed by atoms with Gasteiger partial charge in [0.2, 0.25) is 5.91 Å². The minimum absolute atomic E-state index is 0.0929. The van der Waals surface area contributed by atoms with Crippen LogP contribution in [0.3, 0.4) is 0 Å². The molecule has 168 valence electrons. The van der Waals surface area contributed by atoms with E-state index in [0.717, 1.165) is 11.4 Å². The lowest BCUT2D eigenvalue weighted by Crippen LogP contribution is -2.22. The smallest absolute Gasteiger partial charge is 0.243 e. The predicted octanol–water partition coefficient (Wildman–Crippen LogP) is 4.22. The average Bonchev–Trinajstić information content (AvgIpc) is 2.82. The van der Waals surface area contributed by atoms with E-state index < -0.39 is 0 Å². The molecule has 0 unspecified atom stereocenters. The van der Waals surface area contributed by atoms with Crippen LogP contribution in [0, 0.1) is 0 Å². The summed E-state index contributed by atoms with van der Waals surface area (Å²) in [6.45, 7) is 1.84. The fourth-order valence-electron chi connectivity index (χ4n) is 2.85. The second-order valence-corrected chi connectivity index (χ2v) is 6.78. The van der Waals surface area contributed by atoms with Gasteiger partial charge in [0.15, 0.2) is 0 Å². The number of hydrogen-bond acceptors (Lipinski definition) is 6. The first-order valence-electron chi connectivity index (χ1n) is 10.4. The normalized spacial score (nSPS) is 10.3. The molecule has 0 aromatic heterocycles. The van der Waals surface area contributed by atoms with Gasteiger partial charge in [0.05, 0.1) is 18.8 Å². The van der Waals surface area contributed by atoms with E-state index in [1.807, 2.05) is 72.8 Å². The molecular formula is C25H28N2O5. The zero-order valence-corrected chi connectivity index (χ0v) is 18.1. The number of amides is 1. The molecule has 1 amide bonds. The van der Waals surface area contributed by atoms with Gasteiger partial charge < -0.3 is 29.6 Å². The summed E-state index contributed by atoms with van der Waals surface area (Å²) in [6.07, 6.45) is 0. The topological polar surface area (TPSA) is 78.1 Å². The number of anilines is 2. The zero-order valence-electron chi connectivity index (χ0n) is 18.1. The van der Waals surface area contributed by atoms with E-state index in [-0.39, 0.29) is 12.5 Å². The monoisotopic (exact) mass is 436 g/mol.